The van der Waals surface area contributed by atoms with Gasteiger partial charge in [-0.1, -0.05) is 12.1 Å². The Balaban J connectivity index is 1.81. The highest BCUT2D eigenvalue weighted by Crippen LogP contribution is 2.35. The van der Waals surface area contributed by atoms with E-state index < -0.39 is 15.7 Å². The van der Waals surface area contributed by atoms with Crippen molar-refractivity contribution in [3.63, 3.8) is 0 Å². The second-order valence-electron chi connectivity index (χ2n) is 7.59. The number of aryl methyl sites for hydroxylation is 2. The van der Waals surface area contributed by atoms with Crippen LogP contribution in [-0.4, -0.2) is 40.1 Å². The predicted octanol–water partition coefficient (Wildman–Crippen LogP) is 3.25. The average Bonchev–Trinajstić information content (AvgIpc) is 2.66. The van der Waals surface area contributed by atoms with E-state index in [-0.39, 0.29) is 29.7 Å². The maximum absolute atomic E-state index is 12.9. The van der Waals surface area contributed by atoms with Crippen LogP contribution < -0.4 is 15.0 Å². The minimum atomic E-state index is -4.05. The Morgan fingerprint density at radius 1 is 1.10 bits per heavy atom. The van der Waals surface area contributed by atoms with Gasteiger partial charge in [-0.05, 0) is 63.1 Å². The van der Waals surface area contributed by atoms with E-state index in [9.17, 15) is 13.2 Å². The lowest BCUT2D eigenvalue weighted by molar-refractivity contribution is -0.122. The van der Waals surface area contributed by atoms with Crippen LogP contribution in [0.2, 0.25) is 0 Å². The molecule has 0 radical (unpaired) electrons. The van der Waals surface area contributed by atoms with Crippen LogP contribution in [0.15, 0.2) is 41.3 Å². The lowest BCUT2D eigenvalue weighted by Gasteiger charge is -2.39. The number of carbonyl (C=O) groups is 1. The number of rotatable bonds is 6. The summed E-state index contributed by atoms with van der Waals surface area (Å²) < 4.78 is 36.0. The van der Waals surface area contributed by atoms with E-state index in [1.54, 1.807) is 24.8 Å². The van der Waals surface area contributed by atoms with E-state index >= 15 is 0 Å². The van der Waals surface area contributed by atoms with E-state index in [1.165, 1.54) is 13.2 Å². The second kappa shape index (κ2) is 7.68. The molecule has 0 saturated heterocycles. The van der Waals surface area contributed by atoms with Crippen LogP contribution in [0.5, 0.6) is 5.75 Å². The largest absolute Gasteiger partial charge is 0.495 e. The second-order valence-corrected chi connectivity index (χ2v) is 9.17. The Labute approximate surface area is 171 Å². The first-order valence-electron chi connectivity index (χ1n) is 9.30. The molecule has 0 fully saturated rings. The Hall–Kier alpha value is -2.58. The average molecular weight is 419 g/mol. The van der Waals surface area contributed by atoms with Crippen molar-refractivity contribution < 1.29 is 22.1 Å². The van der Waals surface area contributed by atoms with E-state index in [1.807, 2.05) is 38.1 Å². The summed E-state index contributed by atoms with van der Waals surface area (Å²) in [6.45, 7) is 7.21. The third kappa shape index (κ3) is 4.09. The fourth-order valence-electron chi connectivity index (χ4n) is 3.29. The lowest BCUT2D eigenvalue weighted by Crippen LogP contribution is -2.54. The Bertz CT molecular complexity index is 1050. The summed E-state index contributed by atoms with van der Waals surface area (Å²) in [4.78, 5) is 14.4. The van der Waals surface area contributed by atoms with Gasteiger partial charge in [-0.2, -0.15) is 8.42 Å². The zero-order chi connectivity index (χ0) is 21.4. The number of ether oxygens (including phenoxy) is 1. The number of fused-ring (bicyclic) bond motifs is 1. The maximum Gasteiger partial charge on any atom is 0.300 e. The van der Waals surface area contributed by atoms with Gasteiger partial charge in [0, 0.05) is 0 Å². The molecule has 0 atom stereocenters. The van der Waals surface area contributed by atoms with Crippen molar-refractivity contribution in [1.29, 1.82) is 0 Å². The molecule has 1 aliphatic heterocycles. The number of carbonyl (C=O) groups excluding carboxylic acids is 1. The monoisotopic (exact) mass is 418 g/mol. The van der Waals surface area contributed by atoms with Gasteiger partial charge in [0.05, 0.1) is 31.6 Å². The van der Waals surface area contributed by atoms with Gasteiger partial charge in [0.25, 0.3) is 5.91 Å². The van der Waals surface area contributed by atoms with Gasteiger partial charge in [-0.3, -0.25) is 8.98 Å². The molecule has 1 N–H and O–H groups in total. The number of para-hydroxylation sites is 2. The molecule has 29 heavy (non-hydrogen) atoms. The Morgan fingerprint density at radius 3 is 2.45 bits per heavy atom. The minimum Gasteiger partial charge on any atom is -0.495 e. The molecule has 3 rings (SSSR count). The molecule has 0 unspecified atom stereocenters. The molecule has 2 aromatic carbocycles. The molecule has 2 aromatic rings. The summed E-state index contributed by atoms with van der Waals surface area (Å²) in [5.41, 5.74) is 2.45. The summed E-state index contributed by atoms with van der Waals surface area (Å²) in [6.07, 6.45) is 0. The third-order valence-corrected chi connectivity index (χ3v) is 6.36. The summed E-state index contributed by atoms with van der Waals surface area (Å²) in [7, 11) is -2.63. The zero-order valence-corrected chi connectivity index (χ0v) is 18.1. The quantitative estimate of drug-likeness (QED) is 0.725. The number of anilines is 2. The zero-order valence-electron chi connectivity index (χ0n) is 17.3. The van der Waals surface area contributed by atoms with Gasteiger partial charge >= 0.3 is 10.1 Å². The number of methoxy groups -OCH3 is 1. The van der Waals surface area contributed by atoms with Crippen LogP contribution in [0.25, 0.3) is 0 Å². The van der Waals surface area contributed by atoms with Crippen LogP contribution in [0.1, 0.15) is 25.0 Å². The molecule has 0 spiro atoms. The van der Waals surface area contributed by atoms with Crippen LogP contribution in [-0.2, 0) is 19.1 Å². The molecule has 156 valence electrons. The molecule has 7 nitrogen and oxygen atoms in total. The van der Waals surface area contributed by atoms with Gasteiger partial charge in [-0.25, -0.2) is 0 Å². The first-order chi connectivity index (χ1) is 13.6. The third-order valence-electron chi connectivity index (χ3n) is 5.02. The first-order valence-corrected chi connectivity index (χ1v) is 10.7. The summed E-state index contributed by atoms with van der Waals surface area (Å²) in [6, 6.07) is 10.6. The first kappa shape index (κ1) is 21.1. The fourth-order valence-corrected chi connectivity index (χ4v) is 4.42. The smallest absolute Gasteiger partial charge is 0.300 e. The highest BCUT2D eigenvalue weighted by Gasteiger charge is 2.38. The van der Waals surface area contributed by atoms with E-state index in [0.717, 1.165) is 16.8 Å². The lowest BCUT2D eigenvalue weighted by atomic mass is 9.98. The van der Waals surface area contributed by atoms with Gasteiger partial charge in [-0.15, -0.1) is 0 Å². The summed E-state index contributed by atoms with van der Waals surface area (Å²) >= 11 is 0. The van der Waals surface area contributed by atoms with E-state index in [4.69, 9.17) is 8.92 Å². The number of hydrogen-bond acceptors (Lipinski definition) is 6. The van der Waals surface area contributed by atoms with Gasteiger partial charge in [0.15, 0.2) is 0 Å². The van der Waals surface area contributed by atoms with Crippen molar-refractivity contribution in [3.8, 4) is 5.75 Å². The van der Waals surface area contributed by atoms with Crippen molar-refractivity contribution >= 4 is 27.4 Å². The molecule has 0 aromatic heterocycles. The predicted molar refractivity (Wildman–Crippen MR) is 112 cm³/mol. The molecular weight excluding hydrogens is 392 g/mol. The number of benzene rings is 2. The molecule has 0 bridgehead atoms. The topological polar surface area (TPSA) is 84.9 Å². The van der Waals surface area contributed by atoms with Crippen molar-refractivity contribution in [1.82, 2.24) is 0 Å². The maximum atomic E-state index is 12.9. The number of hydrogen-bond donors (Lipinski definition) is 1. The van der Waals surface area contributed by atoms with Crippen molar-refractivity contribution in [2.24, 2.45) is 0 Å². The van der Waals surface area contributed by atoms with E-state index in [0.29, 0.717) is 5.69 Å². The Kier molecular flexibility index (Phi) is 5.60. The summed E-state index contributed by atoms with van der Waals surface area (Å²) in [5, 5.41) is 3.21. The SMILES string of the molecule is COc1cc(C)c(C)cc1S(=O)(=O)OCCN1C(=O)C(C)(C)Nc2ccccc21. The number of nitrogens with zero attached hydrogens (tertiary/aromatic N) is 1. The molecule has 1 amide bonds. The molecule has 0 saturated carbocycles. The molecular formula is C21H26N2O5S. The normalized spacial score (nSPS) is 15.6. The van der Waals surface area contributed by atoms with E-state index in [2.05, 4.69) is 5.32 Å². The fraction of sp³-hybridized carbons (Fsp3) is 0.381. The van der Waals surface area contributed by atoms with Gasteiger partial charge in [0.2, 0.25) is 0 Å². The van der Waals surface area contributed by atoms with Crippen LogP contribution in [0.4, 0.5) is 11.4 Å². The number of nitrogens with one attached hydrogen (secondary N) is 1. The standard InChI is InChI=1S/C21H26N2O5S/c1-14-12-18(27-5)19(13-15(14)2)29(25,26)28-11-10-23-17-9-7-6-8-16(17)22-21(3,4)20(23)24/h6-9,12-13,22H,10-11H2,1-5H3. The van der Waals surface area contributed by atoms with Crippen LogP contribution in [0.3, 0.4) is 0 Å². The van der Waals surface area contributed by atoms with Crippen molar-refractivity contribution in [2.75, 3.05) is 30.5 Å². The molecule has 1 heterocycles. The number of amides is 1. The van der Waals surface area contributed by atoms with Gasteiger partial charge < -0.3 is 15.0 Å². The Morgan fingerprint density at radius 2 is 1.76 bits per heavy atom. The molecule has 8 heteroatoms. The van der Waals surface area contributed by atoms with Crippen molar-refractivity contribution in [3.05, 3.63) is 47.5 Å². The van der Waals surface area contributed by atoms with Crippen LogP contribution in [0, 0.1) is 13.8 Å². The van der Waals surface area contributed by atoms with Crippen LogP contribution >= 0.6 is 0 Å². The molecule has 1 aliphatic rings. The van der Waals surface area contributed by atoms with Gasteiger partial charge in [0.1, 0.15) is 16.2 Å². The minimum absolute atomic E-state index is 0.0181. The highest BCUT2D eigenvalue weighted by molar-refractivity contribution is 7.86. The van der Waals surface area contributed by atoms with Crippen molar-refractivity contribution in [2.45, 2.75) is 38.1 Å². The molecule has 0 aliphatic carbocycles. The summed E-state index contributed by atoms with van der Waals surface area (Å²) in [5.74, 6) is 0.0822. The highest BCUT2D eigenvalue weighted by atomic mass is 32.2.